The first-order valence-corrected chi connectivity index (χ1v) is 6.05. The molecular weight excluding hydrogens is 250 g/mol. The van der Waals surface area contributed by atoms with Crippen LogP contribution in [0.25, 0.3) is 0 Å². The quantitative estimate of drug-likeness (QED) is 0.531. The van der Waals surface area contributed by atoms with E-state index in [1.165, 1.54) is 6.07 Å². The summed E-state index contributed by atoms with van der Waals surface area (Å²) in [6, 6.07) is 4.87. The number of rotatable bonds is 4. The Labute approximate surface area is 110 Å². The molecule has 0 aromatic heterocycles. The molecule has 3 N–H and O–H groups in total. The maximum Gasteiger partial charge on any atom is 0.292 e. The van der Waals surface area contributed by atoms with Crippen LogP contribution in [0.2, 0.25) is 0 Å². The van der Waals surface area contributed by atoms with Gasteiger partial charge in [-0.1, -0.05) is 6.07 Å². The first-order valence-electron chi connectivity index (χ1n) is 6.05. The maximum absolute atomic E-state index is 10.8. The number of anilines is 1. The van der Waals surface area contributed by atoms with Crippen LogP contribution in [0.1, 0.15) is 5.56 Å². The third kappa shape index (κ3) is 3.01. The summed E-state index contributed by atoms with van der Waals surface area (Å²) in [5.74, 6) is 0. The van der Waals surface area contributed by atoms with E-state index in [4.69, 9.17) is 0 Å². The van der Waals surface area contributed by atoms with E-state index in [9.17, 15) is 20.3 Å². The van der Waals surface area contributed by atoms with E-state index in [0.717, 1.165) is 5.56 Å². The Balaban J connectivity index is 2.12. The summed E-state index contributed by atoms with van der Waals surface area (Å²) in [6.07, 6.45) is -1.44. The number of likely N-dealkylation sites (tertiary alicyclic amines) is 1. The molecule has 0 aliphatic carbocycles. The normalized spacial score (nSPS) is 23.5. The summed E-state index contributed by atoms with van der Waals surface area (Å²) in [5.41, 5.74) is 1.40. The second-order valence-electron chi connectivity index (χ2n) is 4.69. The lowest BCUT2D eigenvalue weighted by atomic mass is 10.1. The summed E-state index contributed by atoms with van der Waals surface area (Å²) in [4.78, 5) is 12.3. The van der Waals surface area contributed by atoms with E-state index >= 15 is 0 Å². The van der Waals surface area contributed by atoms with Gasteiger partial charge in [0, 0.05) is 32.7 Å². The molecule has 1 saturated heterocycles. The largest absolute Gasteiger partial charge is 0.389 e. The van der Waals surface area contributed by atoms with E-state index in [2.05, 4.69) is 5.32 Å². The lowest BCUT2D eigenvalue weighted by molar-refractivity contribution is -0.384. The average molecular weight is 267 g/mol. The maximum atomic E-state index is 10.8. The summed E-state index contributed by atoms with van der Waals surface area (Å²) < 4.78 is 0. The summed E-state index contributed by atoms with van der Waals surface area (Å²) in [7, 11) is 1.63. The standard InChI is InChI=1S/C12H17N3O4/c1-13-9-4-8(2-3-10(9)15(18)19)5-14-6-11(16)12(17)7-14/h2-4,11-13,16-17H,5-7H2,1H3. The summed E-state index contributed by atoms with van der Waals surface area (Å²) >= 11 is 0. The highest BCUT2D eigenvalue weighted by Gasteiger charge is 2.29. The van der Waals surface area contributed by atoms with Crippen molar-refractivity contribution in [3.8, 4) is 0 Å². The van der Waals surface area contributed by atoms with E-state index in [-0.39, 0.29) is 5.69 Å². The highest BCUT2D eigenvalue weighted by molar-refractivity contribution is 5.62. The molecule has 1 aliphatic rings. The van der Waals surface area contributed by atoms with Crippen molar-refractivity contribution in [1.82, 2.24) is 4.90 Å². The molecule has 104 valence electrons. The van der Waals surface area contributed by atoms with Gasteiger partial charge in [0.15, 0.2) is 0 Å². The number of nitrogens with zero attached hydrogens (tertiary/aromatic N) is 2. The zero-order valence-corrected chi connectivity index (χ0v) is 10.6. The first-order chi connectivity index (χ1) is 9.01. The van der Waals surface area contributed by atoms with Gasteiger partial charge in [0.1, 0.15) is 5.69 Å². The van der Waals surface area contributed by atoms with Gasteiger partial charge in [-0.2, -0.15) is 0 Å². The van der Waals surface area contributed by atoms with Crippen molar-refractivity contribution in [2.75, 3.05) is 25.5 Å². The number of aliphatic hydroxyl groups excluding tert-OH is 2. The average Bonchev–Trinajstić information content (AvgIpc) is 2.67. The summed E-state index contributed by atoms with van der Waals surface area (Å²) in [5, 5.41) is 32.6. The third-order valence-corrected chi connectivity index (χ3v) is 3.27. The molecule has 2 atom stereocenters. The van der Waals surface area contributed by atoms with Gasteiger partial charge in [-0.05, 0) is 11.6 Å². The minimum Gasteiger partial charge on any atom is -0.389 e. The molecule has 1 aromatic carbocycles. The molecule has 2 rings (SSSR count). The van der Waals surface area contributed by atoms with Gasteiger partial charge in [0.05, 0.1) is 17.1 Å². The second-order valence-corrected chi connectivity index (χ2v) is 4.69. The van der Waals surface area contributed by atoms with Crippen molar-refractivity contribution in [3.63, 3.8) is 0 Å². The van der Waals surface area contributed by atoms with E-state index < -0.39 is 17.1 Å². The van der Waals surface area contributed by atoms with Crippen molar-refractivity contribution in [2.24, 2.45) is 0 Å². The second kappa shape index (κ2) is 5.52. The number of β-amino-alcohol motifs (C(OH)–C–C–N with tert-alkyl or cyclic N) is 2. The molecule has 1 aromatic rings. The van der Waals surface area contributed by atoms with E-state index in [0.29, 0.717) is 25.3 Å². The molecule has 0 radical (unpaired) electrons. The van der Waals surface area contributed by atoms with Crippen molar-refractivity contribution in [1.29, 1.82) is 0 Å². The SMILES string of the molecule is CNc1cc(CN2CC(O)C(O)C2)ccc1[N+](=O)[O-]. The molecular formula is C12H17N3O4. The van der Waals surface area contributed by atoms with Crippen LogP contribution in [0, 0.1) is 10.1 Å². The van der Waals surface area contributed by atoms with Gasteiger partial charge in [-0.25, -0.2) is 0 Å². The Morgan fingerprint density at radius 1 is 1.42 bits per heavy atom. The number of benzene rings is 1. The molecule has 1 fully saturated rings. The van der Waals surface area contributed by atoms with Gasteiger partial charge in [0.25, 0.3) is 5.69 Å². The zero-order chi connectivity index (χ0) is 14.0. The molecule has 7 heteroatoms. The Morgan fingerprint density at radius 3 is 2.58 bits per heavy atom. The zero-order valence-electron chi connectivity index (χ0n) is 10.6. The van der Waals surface area contributed by atoms with Crippen LogP contribution in [0.4, 0.5) is 11.4 Å². The number of hydrogen-bond donors (Lipinski definition) is 3. The van der Waals surface area contributed by atoms with Gasteiger partial charge in [0.2, 0.25) is 0 Å². The third-order valence-electron chi connectivity index (χ3n) is 3.27. The number of aliphatic hydroxyl groups is 2. The smallest absolute Gasteiger partial charge is 0.292 e. The van der Waals surface area contributed by atoms with Crippen LogP contribution >= 0.6 is 0 Å². The van der Waals surface area contributed by atoms with Gasteiger partial charge < -0.3 is 15.5 Å². The van der Waals surface area contributed by atoms with Crippen LogP contribution in [-0.4, -0.2) is 52.4 Å². The Morgan fingerprint density at radius 2 is 2.05 bits per heavy atom. The first kappa shape index (κ1) is 13.7. The number of nitrogens with one attached hydrogen (secondary N) is 1. The molecule has 19 heavy (non-hydrogen) atoms. The predicted molar refractivity (Wildman–Crippen MR) is 69.9 cm³/mol. The van der Waals surface area contributed by atoms with Crippen LogP contribution in [0.5, 0.6) is 0 Å². The van der Waals surface area contributed by atoms with Crippen LogP contribution in [0.15, 0.2) is 18.2 Å². The Bertz CT molecular complexity index is 470. The minimum absolute atomic E-state index is 0.0349. The molecule has 1 heterocycles. The fourth-order valence-corrected chi connectivity index (χ4v) is 2.28. The Hall–Kier alpha value is -1.70. The van der Waals surface area contributed by atoms with Crippen molar-refractivity contribution in [2.45, 2.75) is 18.8 Å². The highest BCUT2D eigenvalue weighted by atomic mass is 16.6. The van der Waals surface area contributed by atoms with Crippen molar-refractivity contribution in [3.05, 3.63) is 33.9 Å². The molecule has 2 unspecified atom stereocenters. The van der Waals surface area contributed by atoms with Crippen LogP contribution < -0.4 is 5.32 Å². The lowest BCUT2D eigenvalue weighted by Gasteiger charge is -2.15. The molecule has 7 nitrogen and oxygen atoms in total. The Kier molecular flexibility index (Phi) is 3.98. The van der Waals surface area contributed by atoms with Crippen molar-refractivity contribution >= 4 is 11.4 Å². The highest BCUT2D eigenvalue weighted by Crippen LogP contribution is 2.26. The van der Waals surface area contributed by atoms with E-state index in [1.807, 2.05) is 4.90 Å². The van der Waals surface area contributed by atoms with Gasteiger partial charge in [-0.15, -0.1) is 0 Å². The minimum atomic E-state index is -0.721. The number of nitro benzene ring substituents is 1. The monoisotopic (exact) mass is 267 g/mol. The number of nitro groups is 1. The molecule has 1 aliphatic heterocycles. The van der Waals surface area contributed by atoms with Crippen molar-refractivity contribution < 1.29 is 15.1 Å². The number of hydrogen-bond acceptors (Lipinski definition) is 6. The molecule has 0 amide bonds. The molecule has 0 saturated carbocycles. The fraction of sp³-hybridized carbons (Fsp3) is 0.500. The topological polar surface area (TPSA) is 98.9 Å². The lowest BCUT2D eigenvalue weighted by Crippen LogP contribution is -2.22. The molecule has 0 spiro atoms. The summed E-state index contributed by atoms with van der Waals surface area (Å²) in [6.45, 7) is 1.36. The fourth-order valence-electron chi connectivity index (χ4n) is 2.28. The van der Waals surface area contributed by atoms with Crippen LogP contribution in [-0.2, 0) is 6.54 Å². The van der Waals surface area contributed by atoms with Gasteiger partial charge >= 0.3 is 0 Å². The molecule has 0 bridgehead atoms. The van der Waals surface area contributed by atoms with E-state index in [1.54, 1.807) is 19.2 Å². The van der Waals surface area contributed by atoms with Crippen LogP contribution in [0.3, 0.4) is 0 Å². The predicted octanol–water partition coefficient (Wildman–Crippen LogP) is 0.174. The van der Waals surface area contributed by atoms with Gasteiger partial charge in [-0.3, -0.25) is 15.0 Å².